The molecule has 1 rings (SSSR count). The molecule has 15 heavy (non-hydrogen) atoms. The van der Waals surface area contributed by atoms with E-state index in [2.05, 4.69) is 10.9 Å². The normalized spacial score (nSPS) is 14.3. The third kappa shape index (κ3) is 2.48. The van der Waals surface area contributed by atoms with Gasteiger partial charge in [0.2, 0.25) is 0 Å². The van der Waals surface area contributed by atoms with Crippen molar-refractivity contribution >= 4 is 15.8 Å². The van der Waals surface area contributed by atoms with Crippen molar-refractivity contribution in [2.24, 2.45) is 4.36 Å². The molecule has 1 aromatic carbocycles. The van der Waals surface area contributed by atoms with E-state index in [1.807, 2.05) is 32.0 Å². The van der Waals surface area contributed by atoms with Crippen LogP contribution in [-0.4, -0.2) is 17.0 Å². The minimum Gasteiger partial charge on any atom is -0.245 e. The van der Waals surface area contributed by atoms with Crippen molar-refractivity contribution in [3.05, 3.63) is 35.9 Å². The van der Waals surface area contributed by atoms with Crippen molar-refractivity contribution in [2.75, 3.05) is 12.8 Å². The monoisotopic (exact) mass is 223 g/mol. The molecule has 0 fully saturated rings. The van der Waals surface area contributed by atoms with E-state index in [0.717, 1.165) is 16.0 Å². The van der Waals surface area contributed by atoms with Gasteiger partial charge in [0.05, 0.1) is 14.6 Å². The Hall–Kier alpha value is -1.09. The van der Waals surface area contributed by atoms with Gasteiger partial charge in [-0.05, 0) is 31.0 Å². The Bertz CT molecular complexity index is 482. The smallest absolute Gasteiger partial charge is 0.0728 e. The Morgan fingerprint density at radius 3 is 2.73 bits per heavy atom. The van der Waals surface area contributed by atoms with Crippen LogP contribution in [0.4, 0.5) is 0 Å². The number of rotatable bonds is 3. The maximum absolute atomic E-state index is 12.3. The summed E-state index contributed by atoms with van der Waals surface area (Å²) < 4.78 is 16.5. The Balaban J connectivity index is 3.52. The molecule has 3 heteroatoms. The van der Waals surface area contributed by atoms with E-state index in [1.165, 1.54) is 0 Å². The summed E-state index contributed by atoms with van der Waals surface area (Å²) >= 11 is 0. The van der Waals surface area contributed by atoms with Gasteiger partial charge in [0, 0.05) is 12.8 Å². The SMILES string of the molecule is C=Cc1c(C)cccc1S(C)(=O)=NCC. The number of aryl methyl sites for hydroxylation is 1. The summed E-state index contributed by atoms with van der Waals surface area (Å²) in [6.07, 6.45) is 3.43. The Kier molecular flexibility index (Phi) is 3.69. The molecule has 0 saturated carbocycles. The Morgan fingerprint density at radius 1 is 1.53 bits per heavy atom. The van der Waals surface area contributed by atoms with Gasteiger partial charge in [-0.1, -0.05) is 24.8 Å². The van der Waals surface area contributed by atoms with Gasteiger partial charge in [0.1, 0.15) is 0 Å². The first-order valence-corrected chi connectivity index (χ1v) is 6.85. The molecule has 1 unspecified atom stereocenters. The molecule has 0 amide bonds. The molecule has 0 saturated heterocycles. The number of nitrogens with zero attached hydrogens (tertiary/aromatic N) is 1. The summed E-state index contributed by atoms with van der Waals surface area (Å²) in [4.78, 5) is 0.791. The van der Waals surface area contributed by atoms with E-state index in [1.54, 1.807) is 12.3 Å². The Morgan fingerprint density at radius 2 is 2.20 bits per heavy atom. The highest BCUT2D eigenvalue weighted by Gasteiger charge is 2.10. The van der Waals surface area contributed by atoms with Crippen LogP contribution in [0, 0.1) is 6.92 Å². The van der Waals surface area contributed by atoms with E-state index < -0.39 is 9.73 Å². The van der Waals surface area contributed by atoms with Gasteiger partial charge in [-0.25, -0.2) is 8.57 Å². The van der Waals surface area contributed by atoms with Crippen LogP contribution in [0.15, 0.2) is 34.0 Å². The fraction of sp³-hybridized carbons (Fsp3) is 0.333. The second-order valence-electron chi connectivity index (χ2n) is 3.44. The third-order valence-electron chi connectivity index (χ3n) is 2.27. The second kappa shape index (κ2) is 4.62. The van der Waals surface area contributed by atoms with Crippen LogP contribution in [0.2, 0.25) is 0 Å². The minimum atomic E-state index is -2.27. The van der Waals surface area contributed by atoms with E-state index >= 15 is 0 Å². The molecule has 0 heterocycles. The van der Waals surface area contributed by atoms with Crippen LogP contribution in [-0.2, 0) is 9.73 Å². The van der Waals surface area contributed by atoms with Crippen molar-refractivity contribution in [3.8, 4) is 0 Å². The zero-order valence-corrected chi connectivity index (χ0v) is 10.3. The van der Waals surface area contributed by atoms with Crippen LogP contribution in [0.5, 0.6) is 0 Å². The van der Waals surface area contributed by atoms with Crippen molar-refractivity contribution in [1.82, 2.24) is 0 Å². The molecular formula is C12H17NOS. The van der Waals surface area contributed by atoms with Crippen LogP contribution < -0.4 is 0 Å². The van der Waals surface area contributed by atoms with Gasteiger partial charge in [-0.3, -0.25) is 0 Å². The topological polar surface area (TPSA) is 29.4 Å². The number of hydrogen-bond acceptors (Lipinski definition) is 2. The molecular weight excluding hydrogens is 206 g/mol. The number of hydrogen-bond donors (Lipinski definition) is 0. The van der Waals surface area contributed by atoms with Gasteiger partial charge in [-0.2, -0.15) is 0 Å². The summed E-state index contributed by atoms with van der Waals surface area (Å²) in [6.45, 7) is 8.21. The van der Waals surface area contributed by atoms with E-state index in [-0.39, 0.29) is 0 Å². The van der Waals surface area contributed by atoms with Gasteiger partial charge in [0.15, 0.2) is 0 Å². The summed E-state index contributed by atoms with van der Waals surface area (Å²) in [5.41, 5.74) is 2.03. The molecule has 0 aliphatic carbocycles. The lowest BCUT2D eigenvalue weighted by atomic mass is 10.1. The fourth-order valence-corrected chi connectivity index (χ4v) is 3.18. The average molecular weight is 223 g/mol. The fourth-order valence-electron chi connectivity index (χ4n) is 1.56. The summed E-state index contributed by atoms with van der Waals surface area (Å²) in [5, 5.41) is 0. The lowest BCUT2D eigenvalue weighted by Gasteiger charge is -2.10. The van der Waals surface area contributed by atoms with Crippen molar-refractivity contribution < 1.29 is 4.21 Å². The molecule has 0 aliphatic heterocycles. The highest BCUT2D eigenvalue weighted by Crippen LogP contribution is 2.21. The van der Waals surface area contributed by atoms with E-state index in [0.29, 0.717) is 6.54 Å². The Labute approximate surface area is 92.2 Å². The lowest BCUT2D eigenvalue weighted by molar-refractivity contribution is 0.679. The zero-order chi connectivity index (χ0) is 11.5. The van der Waals surface area contributed by atoms with Gasteiger partial charge in [-0.15, -0.1) is 0 Å². The van der Waals surface area contributed by atoms with Crippen LogP contribution in [0.1, 0.15) is 18.1 Å². The van der Waals surface area contributed by atoms with Crippen LogP contribution in [0.3, 0.4) is 0 Å². The summed E-state index contributed by atoms with van der Waals surface area (Å²) in [7, 11) is -2.27. The molecule has 1 atom stereocenters. The van der Waals surface area contributed by atoms with Gasteiger partial charge in [0.25, 0.3) is 0 Å². The second-order valence-corrected chi connectivity index (χ2v) is 5.74. The van der Waals surface area contributed by atoms with Crippen molar-refractivity contribution in [1.29, 1.82) is 0 Å². The van der Waals surface area contributed by atoms with Crippen LogP contribution in [0.25, 0.3) is 6.08 Å². The maximum Gasteiger partial charge on any atom is 0.0728 e. The molecule has 1 aromatic rings. The van der Waals surface area contributed by atoms with Crippen molar-refractivity contribution in [2.45, 2.75) is 18.7 Å². The summed E-state index contributed by atoms with van der Waals surface area (Å²) in [5.74, 6) is 0. The first kappa shape index (κ1) is 12.0. The van der Waals surface area contributed by atoms with Gasteiger partial charge < -0.3 is 0 Å². The maximum atomic E-state index is 12.3. The minimum absolute atomic E-state index is 0.569. The third-order valence-corrected chi connectivity index (χ3v) is 4.19. The molecule has 0 radical (unpaired) electrons. The predicted molar refractivity (Wildman–Crippen MR) is 66.6 cm³/mol. The average Bonchev–Trinajstić information content (AvgIpc) is 2.17. The van der Waals surface area contributed by atoms with Crippen molar-refractivity contribution in [3.63, 3.8) is 0 Å². The first-order valence-electron chi connectivity index (χ1n) is 4.93. The predicted octanol–water partition coefficient (Wildman–Crippen LogP) is 3.11. The molecule has 82 valence electrons. The molecule has 0 aliphatic rings. The van der Waals surface area contributed by atoms with Crippen LogP contribution >= 0.6 is 0 Å². The van der Waals surface area contributed by atoms with Gasteiger partial charge >= 0.3 is 0 Å². The van der Waals surface area contributed by atoms with E-state index in [9.17, 15) is 4.21 Å². The van der Waals surface area contributed by atoms with E-state index in [4.69, 9.17) is 0 Å². The highest BCUT2D eigenvalue weighted by molar-refractivity contribution is 7.93. The standard InChI is InChI=1S/C12H17NOS/c1-5-11-10(3)8-7-9-12(11)15(4,14)13-6-2/h5,7-9H,1,6H2,2-4H3. The lowest BCUT2D eigenvalue weighted by Crippen LogP contribution is -2.02. The molecule has 0 aromatic heterocycles. The zero-order valence-electron chi connectivity index (χ0n) is 9.49. The molecule has 0 spiro atoms. The largest absolute Gasteiger partial charge is 0.245 e. The molecule has 2 nitrogen and oxygen atoms in total. The molecule has 0 bridgehead atoms. The highest BCUT2D eigenvalue weighted by atomic mass is 32.2. The molecule has 0 N–H and O–H groups in total. The number of benzene rings is 1. The quantitative estimate of drug-likeness (QED) is 0.774. The first-order chi connectivity index (χ1) is 7.03. The summed E-state index contributed by atoms with van der Waals surface area (Å²) in [6, 6.07) is 5.76.